The number of piperidine rings is 1. The van der Waals surface area contributed by atoms with Crippen LogP contribution in [0.15, 0.2) is 34.9 Å². The van der Waals surface area contributed by atoms with Gasteiger partial charge in [0.2, 0.25) is 0 Å². The first-order valence-electron chi connectivity index (χ1n) is 7.66. The molecular formula is C17H19NO4. The Labute approximate surface area is 128 Å². The molecule has 5 heteroatoms. The standard InChI is InChI=1S/C17H19NO4/c19-16(20)9-8-12-5-3-4-10-18(12)17(21)14-11-22-15-7-2-1-6-13(14)15/h1-2,6-7,11-12H,3-5,8-10H2,(H,19,20)/t12-/m0/s1. The third-order valence-electron chi connectivity index (χ3n) is 4.29. The highest BCUT2D eigenvalue weighted by Gasteiger charge is 2.29. The molecule has 1 aliphatic heterocycles. The van der Waals surface area contributed by atoms with Gasteiger partial charge in [0.05, 0.1) is 5.56 Å². The van der Waals surface area contributed by atoms with Gasteiger partial charge < -0.3 is 14.4 Å². The van der Waals surface area contributed by atoms with Crippen LogP contribution in [-0.4, -0.2) is 34.5 Å². The van der Waals surface area contributed by atoms with E-state index in [2.05, 4.69) is 0 Å². The van der Waals surface area contributed by atoms with Crippen molar-refractivity contribution in [3.05, 3.63) is 36.1 Å². The monoisotopic (exact) mass is 301 g/mol. The molecule has 0 saturated carbocycles. The molecular weight excluding hydrogens is 282 g/mol. The largest absolute Gasteiger partial charge is 0.481 e. The Morgan fingerprint density at radius 2 is 2.09 bits per heavy atom. The van der Waals surface area contributed by atoms with Crippen molar-refractivity contribution in [3.8, 4) is 0 Å². The van der Waals surface area contributed by atoms with Crippen LogP contribution in [0.5, 0.6) is 0 Å². The molecule has 1 atom stereocenters. The molecule has 5 nitrogen and oxygen atoms in total. The van der Waals surface area contributed by atoms with E-state index in [-0.39, 0.29) is 18.4 Å². The van der Waals surface area contributed by atoms with Crippen LogP contribution in [0.3, 0.4) is 0 Å². The van der Waals surface area contributed by atoms with E-state index in [1.165, 1.54) is 6.26 Å². The summed E-state index contributed by atoms with van der Waals surface area (Å²) >= 11 is 0. The molecule has 0 bridgehead atoms. The SMILES string of the molecule is O=C(O)CC[C@@H]1CCCCN1C(=O)c1coc2ccccc12. The van der Waals surface area contributed by atoms with Gasteiger partial charge in [0.25, 0.3) is 5.91 Å². The number of carboxylic acid groups (broad SMARTS) is 1. The van der Waals surface area contributed by atoms with Crippen LogP contribution < -0.4 is 0 Å². The molecule has 1 saturated heterocycles. The summed E-state index contributed by atoms with van der Waals surface area (Å²) in [6.07, 6.45) is 4.99. The number of carboxylic acids is 1. The number of carbonyl (C=O) groups is 2. The molecule has 22 heavy (non-hydrogen) atoms. The van der Waals surface area contributed by atoms with Gasteiger partial charge in [-0.2, -0.15) is 0 Å². The average molecular weight is 301 g/mol. The van der Waals surface area contributed by atoms with E-state index in [1.54, 1.807) is 0 Å². The summed E-state index contributed by atoms with van der Waals surface area (Å²) in [5, 5.41) is 9.69. The van der Waals surface area contributed by atoms with Crippen LogP contribution in [0.2, 0.25) is 0 Å². The first-order chi connectivity index (χ1) is 10.7. The van der Waals surface area contributed by atoms with E-state index in [0.29, 0.717) is 24.1 Å². The lowest BCUT2D eigenvalue weighted by Gasteiger charge is -2.35. The molecule has 3 rings (SSSR count). The lowest BCUT2D eigenvalue weighted by atomic mass is 9.97. The molecule has 0 aliphatic carbocycles. The molecule has 1 amide bonds. The summed E-state index contributed by atoms with van der Waals surface area (Å²) in [4.78, 5) is 25.5. The van der Waals surface area contributed by atoms with Gasteiger partial charge in [-0.15, -0.1) is 0 Å². The lowest BCUT2D eigenvalue weighted by molar-refractivity contribution is -0.137. The number of likely N-dealkylation sites (tertiary alicyclic amines) is 1. The highest BCUT2D eigenvalue weighted by molar-refractivity contribution is 6.06. The highest BCUT2D eigenvalue weighted by atomic mass is 16.4. The molecule has 1 aromatic carbocycles. The van der Waals surface area contributed by atoms with Crippen LogP contribution >= 0.6 is 0 Å². The molecule has 116 valence electrons. The summed E-state index contributed by atoms with van der Waals surface area (Å²) in [6, 6.07) is 7.47. The van der Waals surface area contributed by atoms with Crippen LogP contribution in [0, 0.1) is 0 Å². The fourth-order valence-electron chi connectivity index (χ4n) is 3.16. The predicted molar refractivity (Wildman–Crippen MR) is 81.8 cm³/mol. The van der Waals surface area contributed by atoms with Crippen molar-refractivity contribution in [1.82, 2.24) is 4.90 Å². The van der Waals surface area contributed by atoms with Gasteiger partial charge >= 0.3 is 5.97 Å². The third-order valence-corrected chi connectivity index (χ3v) is 4.29. The number of furan rings is 1. The third kappa shape index (κ3) is 2.84. The molecule has 0 unspecified atom stereocenters. The Balaban J connectivity index is 1.83. The van der Waals surface area contributed by atoms with Gasteiger partial charge in [-0.05, 0) is 31.7 Å². The Morgan fingerprint density at radius 1 is 1.27 bits per heavy atom. The Kier molecular flexibility index (Phi) is 4.13. The zero-order valence-corrected chi connectivity index (χ0v) is 12.3. The number of benzene rings is 1. The number of hydrogen-bond donors (Lipinski definition) is 1. The van der Waals surface area contributed by atoms with Gasteiger partial charge in [0, 0.05) is 24.4 Å². The van der Waals surface area contributed by atoms with E-state index >= 15 is 0 Å². The number of fused-ring (bicyclic) bond motifs is 1. The maximum absolute atomic E-state index is 12.8. The van der Waals surface area contributed by atoms with Gasteiger partial charge in [0.1, 0.15) is 11.8 Å². The van der Waals surface area contributed by atoms with Crippen molar-refractivity contribution in [3.63, 3.8) is 0 Å². The molecule has 1 N–H and O–H groups in total. The zero-order chi connectivity index (χ0) is 15.5. The summed E-state index contributed by atoms with van der Waals surface area (Å²) < 4.78 is 5.45. The van der Waals surface area contributed by atoms with Gasteiger partial charge in [-0.3, -0.25) is 9.59 Å². The number of nitrogens with zero attached hydrogens (tertiary/aromatic N) is 1. The minimum atomic E-state index is -0.813. The molecule has 0 radical (unpaired) electrons. The molecule has 1 aliphatic rings. The molecule has 1 fully saturated rings. The summed E-state index contributed by atoms with van der Waals surface area (Å²) in [5.41, 5.74) is 1.27. The van der Waals surface area contributed by atoms with Crippen molar-refractivity contribution >= 4 is 22.8 Å². The van der Waals surface area contributed by atoms with E-state index in [4.69, 9.17) is 9.52 Å². The fraction of sp³-hybridized carbons (Fsp3) is 0.412. The van der Waals surface area contributed by atoms with Crippen LogP contribution in [0.4, 0.5) is 0 Å². The molecule has 0 spiro atoms. The van der Waals surface area contributed by atoms with Crippen molar-refractivity contribution in [2.75, 3.05) is 6.54 Å². The number of carbonyl (C=O) groups excluding carboxylic acids is 1. The number of rotatable bonds is 4. The quantitative estimate of drug-likeness (QED) is 0.940. The second kappa shape index (κ2) is 6.22. The number of para-hydroxylation sites is 1. The van der Waals surface area contributed by atoms with Crippen LogP contribution in [0.25, 0.3) is 11.0 Å². The maximum atomic E-state index is 12.8. The van der Waals surface area contributed by atoms with Crippen molar-refractivity contribution in [1.29, 1.82) is 0 Å². The second-order valence-corrected chi connectivity index (χ2v) is 5.73. The van der Waals surface area contributed by atoms with E-state index < -0.39 is 5.97 Å². The summed E-state index contributed by atoms with van der Waals surface area (Å²) in [5.74, 6) is -0.869. The van der Waals surface area contributed by atoms with Crippen LogP contribution in [-0.2, 0) is 4.79 Å². The first-order valence-corrected chi connectivity index (χ1v) is 7.66. The topological polar surface area (TPSA) is 70.8 Å². The van der Waals surface area contributed by atoms with E-state index in [0.717, 1.165) is 24.6 Å². The maximum Gasteiger partial charge on any atom is 0.303 e. The lowest BCUT2D eigenvalue weighted by Crippen LogP contribution is -2.43. The van der Waals surface area contributed by atoms with Crippen molar-refractivity contribution in [2.24, 2.45) is 0 Å². The first kappa shape index (κ1) is 14.6. The van der Waals surface area contributed by atoms with Crippen LogP contribution in [0.1, 0.15) is 42.5 Å². The number of aliphatic carboxylic acids is 1. The molecule has 2 heterocycles. The number of hydrogen-bond acceptors (Lipinski definition) is 3. The normalized spacial score (nSPS) is 18.5. The zero-order valence-electron chi connectivity index (χ0n) is 12.3. The summed E-state index contributed by atoms with van der Waals surface area (Å²) in [6.45, 7) is 0.683. The van der Waals surface area contributed by atoms with Crippen molar-refractivity contribution < 1.29 is 19.1 Å². The van der Waals surface area contributed by atoms with E-state index in [9.17, 15) is 9.59 Å². The Hall–Kier alpha value is -2.30. The van der Waals surface area contributed by atoms with Gasteiger partial charge in [-0.25, -0.2) is 0 Å². The minimum absolute atomic E-state index is 0.00557. The summed E-state index contributed by atoms with van der Waals surface area (Å²) in [7, 11) is 0. The number of amides is 1. The Bertz CT molecular complexity index is 691. The second-order valence-electron chi connectivity index (χ2n) is 5.73. The molecule has 2 aromatic rings. The Morgan fingerprint density at radius 3 is 2.91 bits per heavy atom. The minimum Gasteiger partial charge on any atom is -0.481 e. The predicted octanol–water partition coefficient (Wildman–Crippen LogP) is 3.29. The van der Waals surface area contributed by atoms with Gasteiger partial charge in [-0.1, -0.05) is 18.2 Å². The average Bonchev–Trinajstić information content (AvgIpc) is 2.96. The van der Waals surface area contributed by atoms with Gasteiger partial charge in [0.15, 0.2) is 0 Å². The van der Waals surface area contributed by atoms with Crippen molar-refractivity contribution in [2.45, 2.75) is 38.1 Å². The highest BCUT2D eigenvalue weighted by Crippen LogP contribution is 2.27. The fourth-order valence-corrected chi connectivity index (χ4v) is 3.16. The smallest absolute Gasteiger partial charge is 0.303 e. The molecule has 1 aromatic heterocycles. The van der Waals surface area contributed by atoms with E-state index in [1.807, 2.05) is 29.2 Å².